The fourth-order valence-corrected chi connectivity index (χ4v) is 3.27. The topological polar surface area (TPSA) is 21.3 Å². The molecule has 2 nitrogen and oxygen atoms in total. The summed E-state index contributed by atoms with van der Waals surface area (Å²) in [5.41, 5.74) is 1.35. The number of nitrogens with one attached hydrogen (secondary N) is 1. The summed E-state index contributed by atoms with van der Waals surface area (Å²) in [6.45, 7) is 9.90. The summed E-state index contributed by atoms with van der Waals surface area (Å²) >= 11 is 9.75. The van der Waals surface area contributed by atoms with Gasteiger partial charge in [0, 0.05) is 16.6 Å². The van der Waals surface area contributed by atoms with Gasteiger partial charge < -0.3 is 10.1 Å². The maximum Gasteiger partial charge on any atom is 0.137 e. The Bertz CT molecular complexity index is 443. The van der Waals surface area contributed by atoms with E-state index < -0.39 is 0 Å². The Morgan fingerprint density at radius 1 is 1.35 bits per heavy atom. The Hall–Kier alpha value is -0.250. The molecule has 0 heterocycles. The van der Waals surface area contributed by atoms with Crippen molar-refractivity contribution in [3.8, 4) is 5.75 Å². The van der Waals surface area contributed by atoms with Crippen molar-refractivity contribution in [3.63, 3.8) is 0 Å². The summed E-state index contributed by atoms with van der Waals surface area (Å²) in [7, 11) is 1.70. The Morgan fingerprint density at radius 2 is 2.00 bits per heavy atom. The lowest BCUT2D eigenvalue weighted by molar-refractivity contribution is 0.304. The van der Waals surface area contributed by atoms with Crippen LogP contribution in [0, 0.1) is 5.41 Å². The second-order valence-electron chi connectivity index (χ2n) is 6.28. The number of hydrogen-bond acceptors (Lipinski definition) is 2. The summed E-state index contributed by atoms with van der Waals surface area (Å²) < 4.78 is 6.46. The zero-order chi connectivity index (χ0) is 15.3. The molecule has 0 fully saturated rings. The quantitative estimate of drug-likeness (QED) is 0.712. The maximum absolute atomic E-state index is 6.22. The van der Waals surface area contributed by atoms with Crippen LogP contribution in [0.2, 0.25) is 5.02 Å². The SMILES string of the molecule is CCCNC(CC(C)(C)C)c1cc(Cl)cc(Br)c1OC. The predicted octanol–water partition coefficient (Wildman–Crippen LogP) is 5.59. The van der Waals surface area contributed by atoms with E-state index in [9.17, 15) is 0 Å². The highest BCUT2D eigenvalue weighted by Gasteiger charge is 2.24. The first-order chi connectivity index (χ1) is 9.28. The monoisotopic (exact) mass is 361 g/mol. The number of rotatable bonds is 6. The van der Waals surface area contributed by atoms with Gasteiger partial charge in [0.15, 0.2) is 0 Å². The smallest absolute Gasteiger partial charge is 0.137 e. The number of methoxy groups -OCH3 is 1. The van der Waals surface area contributed by atoms with Gasteiger partial charge in [-0.05, 0) is 52.9 Å². The third-order valence-electron chi connectivity index (χ3n) is 3.07. The first-order valence-electron chi connectivity index (χ1n) is 7.04. The molecule has 1 N–H and O–H groups in total. The molecule has 0 aliphatic rings. The molecule has 4 heteroatoms. The lowest BCUT2D eigenvalue weighted by Crippen LogP contribution is -2.27. The molecule has 114 valence electrons. The average molecular weight is 363 g/mol. The molecule has 1 unspecified atom stereocenters. The molecule has 1 rings (SSSR count). The van der Waals surface area contributed by atoms with Crippen LogP contribution in [0.4, 0.5) is 0 Å². The molecule has 0 saturated heterocycles. The summed E-state index contributed by atoms with van der Waals surface area (Å²) in [6.07, 6.45) is 2.13. The van der Waals surface area contributed by atoms with Gasteiger partial charge in [-0.15, -0.1) is 0 Å². The molecule has 0 aliphatic heterocycles. The van der Waals surface area contributed by atoms with Gasteiger partial charge in [0.25, 0.3) is 0 Å². The summed E-state index contributed by atoms with van der Waals surface area (Å²) in [4.78, 5) is 0. The molecular weight excluding hydrogens is 338 g/mol. The average Bonchev–Trinajstić information content (AvgIpc) is 2.32. The molecule has 0 saturated carbocycles. The number of hydrogen-bond donors (Lipinski definition) is 1. The van der Waals surface area contributed by atoms with Gasteiger partial charge in [-0.25, -0.2) is 0 Å². The van der Waals surface area contributed by atoms with E-state index >= 15 is 0 Å². The Kier molecular flexibility index (Phi) is 6.83. The highest BCUT2D eigenvalue weighted by molar-refractivity contribution is 9.10. The third-order valence-corrected chi connectivity index (χ3v) is 3.88. The van der Waals surface area contributed by atoms with Crippen LogP contribution in [0.3, 0.4) is 0 Å². The van der Waals surface area contributed by atoms with Crippen LogP contribution >= 0.6 is 27.5 Å². The summed E-state index contributed by atoms with van der Waals surface area (Å²) in [6, 6.07) is 4.11. The van der Waals surface area contributed by atoms with Gasteiger partial charge in [-0.1, -0.05) is 39.3 Å². The molecule has 1 aromatic carbocycles. The predicted molar refractivity (Wildman–Crippen MR) is 90.8 cm³/mol. The van der Waals surface area contributed by atoms with Crippen molar-refractivity contribution in [1.82, 2.24) is 5.32 Å². The lowest BCUT2D eigenvalue weighted by Gasteiger charge is -2.29. The molecule has 0 aromatic heterocycles. The summed E-state index contributed by atoms with van der Waals surface area (Å²) in [5, 5.41) is 4.34. The van der Waals surface area contributed by atoms with E-state index in [-0.39, 0.29) is 11.5 Å². The van der Waals surface area contributed by atoms with Crippen LogP contribution in [-0.4, -0.2) is 13.7 Å². The van der Waals surface area contributed by atoms with Crippen molar-refractivity contribution >= 4 is 27.5 Å². The van der Waals surface area contributed by atoms with Gasteiger partial charge >= 0.3 is 0 Å². The molecule has 1 atom stereocenters. The highest BCUT2D eigenvalue weighted by Crippen LogP contribution is 2.39. The zero-order valence-corrected chi connectivity index (χ0v) is 15.4. The van der Waals surface area contributed by atoms with Crippen molar-refractivity contribution in [2.45, 2.75) is 46.6 Å². The van der Waals surface area contributed by atoms with Crippen LogP contribution in [0.5, 0.6) is 5.75 Å². The van der Waals surface area contributed by atoms with Crippen molar-refractivity contribution in [1.29, 1.82) is 0 Å². The van der Waals surface area contributed by atoms with Gasteiger partial charge in [0.05, 0.1) is 11.6 Å². The number of halogens is 2. The number of ether oxygens (including phenoxy) is 1. The van der Waals surface area contributed by atoms with Crippen molar-refractivity contribution < 1.29 is 4.74 Å². The summed E-state index contributed by atoms with van der Waals surface area (Å²) in [5.74, 6) is 0.868. The van der Waals surface area contributed by atoms with E-state index in [0.29, 0.717) is 0 Å². The Labute approximate surface area is 136 Å². The minimum Gasteiger partial charge on any atom is -0.495 e. The minimum atomic E-state index is 0.227. The van der Waals surface area contributed by atoms with Crippen LogP contribution < -0.4 is 10.1 Å². The van der Waals surface area contributed by atoms with Crippen molar-refractivity contribution in [2.75, 3.05) is 13.7 Å². The van der Waals surface area contributed by atoms with Gasteiger partial charge in [0.1, 0.15) is 5.75 Å². The fraction of sp³-hybridized carbons (Fsp3) is 0.625. The first-order valence-corrected chi connectivity index (χ1v) is 8.22. The standard InChI is InChI=1S/C16H25BrClNO/c1-6-7-19-14(10-16(2,3)4)12-8-11(18)9-13(17)15(12)20-5/h8-9,14,19H,6-7,10H2,1-5H3. The molecule has 0 aliphatic carbocycles. The fourth-order valence-electron chi connectivity index (χ4n) is 2.28. The molecule has 20 heavy (non-hydrogen) atoms. The first kappa shape index (κ1) is 17.8. The van der Waals surface area contributed by atoms with Gasteiger partial charge in [-0.2, -0.15) is 0 Å². The molecule has 0 radical (unpaired) electrons. The van der Waals surface area contributed by atoms with Crippen LogP contribution in [-0.2, 0) is 0 Å². The minimum absolute atomic E-state index is 0.227. The Morgan fingerprint density at radius 3 is 2.50 bits per heavy atom. The van der Waals surface area contributed by atoms with Crippen LogP contribution in [0.25, 0.3) is 0 Å². The maximum atomic E-state index is 6.22. The third kappa shape index (κ3) is 5.27. The van der Waals surface area contributed by atoms with E-state index in [1.54, 1.807) is 7.11 Å². The molecular formula is C16H25BrClNO. The number of benzene rings is 1. The van der Waals surface area contributed by atoms with Crippen molar-refractivity contribution in [3.05, 3.63) is 27.2 Å². The van der Waals surface area contributed by atoms with E-state index in [4.69, 9.17) is 16.3 Å². The van der Waals surface area contributed by atoms with E-state index in [0.717, 1.165) is 40.2 Å². The normalized spacial score (nSPS) is 13.3. The zero-order valence-electron chi connectivity index (χ0n) is 13.0. The second kappa shape index (κ2) is 7.67. The highest BCUT2D eigenvalue weighted by atomic mass is 79.9. The molecule has 0 amide bonds. The molecule has 1 aromatic rings. The van der Waals surface area contributed by atoms with E-state index in [1.807, 2.05) is 12.1 Å². The largest absolute Gasteiger partial charge is 0.495 e. The van der Waals surface area contributed by atoms with Crippen LogP contribution in [0.15, 0.2) is 16.6 Å². The molecule has 0 spiro atoms. The Balaban J connectivity index is 3.17. The van der Waals surface area contributed by atoms with E-state index in [1.165, 1.54) is 0 Å². The van der Waals surface area contributed by atoms with Gasteiger partial charge in [-0.3, -0.25) is 0 Å². The van der Waals surface area contributed by atoms with E-state index in [2.05, 4.69) is 48.9 Å². The van der Waals surface area contributed by atoms with Crippen LogP contribution in [0.1, 0.15) is 52.1 Å². The van der Waals surface area contributed by atoms with Crippen molar-refractivity contribution in [2.24, 2.45) is 5.41 Å². The lowest BCUT2D eigenvalue weighted by atomic mass is 9.85. The second-order valence-corrected chi connectivity index (χ2v) is 7.57. The van der Waals surface area contributed by atoms with Gasteiger partial charge in [0.2, 0.25) is 0 Å². The molecule has 0 bridgehead atoms.